The summed E-state index contributed by atoms with van der Waals surface area (Å²) in [7, 11) is 0. The molecule has 0 fully saturated rings. The zero-order valence-electron chi connectivity index (χ0n) is 11.5. The fourth-order valence-electron chi connectivity index (χ4n) is 2.35. The highest BCUT2D eigenvalue weighted by atomic mass is 32.1. The van der Waals surface area contributed by atoms with Crippen LogP contribution in [0.3, 0.4) is 0 Å². The Morgan fingerprint density at radius 3 is 2.62 bits per heavy atom. The molecule has 3 aromatic rings. The quantitative estimate of drug-likeness (QED) is 0.750. The molecule has 3 rings (SSSR count). The summed E-state index contributed by atoms with van der Waals surface area (Å²) in [6.45, 7) is 0.677. The van der Waals surface area contributed by atoms with E-state index in [-0.39, 0.29) is 4.87 Å². The van der Waals surface area contributed by atoms with Crippen LogP contribution in [0.1, 0.15) is 5.56 Å². The number of rotatable bonds is 4. The third-order valence-electron chi connectivity index (χ3n) is 3.43. The van der Waals surface area contributed by atoms with Crippen molar-refractivity contribution in [3.8, 4) is 11.3 Å². The van der Waals surface area contributed by atoms with Crippen LogP contribution in [0, 0.1) is 0 Å². The van der Waals surface area contributed by atoms with Crippen molar-refractivity contribution in [2.45, 2.75) is 13.0 Å². The smallest absolute Gasteiger partial charge is 0.307 e. The largest absolute Gasteiger partial charge is 0.399 e. The van der Waals surface area contributed by atoms with E-state index in [1.165, 1.54) is 16.9 Å². The van der Waals surface area contributed by atoms with Crippen LogP contribution in [0.5, 0.6) is 0 Å². The highest BCUT2D eigenvalue weighted by Gasteiger charge is 2.09. The first-order chi connectivity index (χ1) is 10.2. The number of aryl methyl sites for hydroxylation is 1. The lowest BCUT2D eigenvalue weighted by Crippen LogP contribution is -2.15. The lowest BCUT2D eigenvalue weighted by Gasteiger charge is -2.08. The molecule has 3 nitrogen and oxygen atoms in total. The number of nitrogens with two attached hydrogens (primary N) is 1. The summed E-state index contributed by atoms with van der Waals surface area (Å²) in [6.07, 6.45) is 0.840. The maximum Gasteiger partial charge on any atom is 0.307 e. The van der Waals surface area contributed by atoms with Crippen LogP contribution in [0.4, 0.5) is 5.69 Å². The second-order valence-electron chi connectivity index (χ2n) is 4.90. The van der Waals surface area contributed by atoms with Gasteiger partial charge in [0.25, 0.3) is 0 Å². The molecule has 21 heavy (non-hydrogen) atoms. The van der Waals surface area contributed by atoms with Crippen molar-refractivity contribution < 1.29 is 0 Å². The first-order valence-corrected chi connectivity index (χ1v) is 7.70. The highest BCUT2D eigenvalue weighted by molar-refractivity contribution is 7.07. The first kappa shape index (κ1) is 13.6. The molecule has 106 valence electrons. The van der Waals surface area contributed by atoms with Crippen LogP contribution in [0.25, 0.3) is 11.3 Å². The normalized spacial score (nSPS) is 10.7. The van der Waals surface area contributed by atoms with E-state index in [0.29, 0.717) is 12.2 Å². The molecule has 0 saturated heterocycles. The van der Waals surface area contributed by atoms with E-state index in [1.807, 2.05) is 52.4 Å². The molecule has 1 aromatic heterocycles. The topological polar surface area (TPSA) is 48.0 Å². The van der Waals surface area contributed by atoms with Crippen molar-refractivity contribution >= 4 is 17.0 Å². The second kappa shape index (κ2) is 5.97. The molecular weight excluding hydrogens is 280 g/mol. The highest BCUT2D eigenvalue weighted by Crippen LogP contribution is 2.22. The second-order valence-corrected chi connectivity index (χ2v) is 5.72. The minimum atomic E-state index is 0.0726. The van der Waals surface area contributed by atoms with Crippen LogP contribution < -0.4 is 10.6 Å². The summed E-state index contributed by atoms with van der Waals surface area (Å²) < 4.78 is 1.83. The Kier molecular flexibility index (Phi) is 3.88. The van der Waals surface area contributed by atoms with E-state index < -0.39 is 0 Å². The van der Waals surface area contributed by atoms with E-state index >= 15 is 0 Å². The summed E-state index contributed by atoms with van der Waals surface area (Å²) in [5.74, 6) is 0. The Bertz CT molecular complexity index is 790. The molecule has 4 heteroatoms. The minimum absolute atomic E-state index is 0.0726. The fraction of sp³-hybridized carbons (Fsp3) is 0.118. The van der Waals surface area contributed by atoms with Gasteiger partial charge < -0.3 is 5.73 Å². The van der Waals surface area contributed by atoms with Gasteiger partial charge in [0.15, 0.2) is 0 Å². The number of nitrogens with zero attached hydrogens (tertiary/aromatic N) is 1. The standard InChI is InChI=1S/C17H16N2OS/c18-15-8-4-7-14(11-15)16-12-21-17(20)19(16)10-9-13-5-2-1-3-6-13/h1-8,11-12H,9-10,18H2. The lowest BCUT2D eigenvalue weighted by atomic mass is 10.1. The number of hydrogen-bond donors (Lipinski definition) is 1. The fourth-order valence-corrected chi connectivity index (χ4v) is 3.14. The number of nitrogen functional groups attached to an aromatic ring is 1. The average molecular weight is 296 g/mol. The first-order valence-electron chi connectivity index (χ1n) is 6.82. The predicted molar refractivity (Wildman–Crippen MR) is 88.6 cm³/mol. The zero-order chi connectivity index (χ0) is 14.7. The van der Waals surface area contributed by atoms with Gasteiger partial charge >= 0.3 is 4.87 Å². The Morgan fingerprint density at radius 2 is 1.86 bits per heavy atom. The monoisotopic (exact) mass is 296 g/mol. The SMILES string of the molecule is Nc1cccc(-c2csc(=O)n2CCc2ccccc2)c1. The molecule has 0 aliphatic heterocycles. The molecule has 0 unspecified atom stereocenters. The van der Waals surface area contributed by atoms with Crippen molar-refractivity contribution in [2.75, 3.05) is 5.73 Å². The van der Waals surface area contributed by atoms with Gasteiger partial charge in [0.05, 0.1) is 5.69 Å². The van der Waals surface area contributed by atoms with Crippen molar-refractivity contribution in [3.05, 3.63) is 75.2 Å². The molecule has 2 aromatic carbocycles. The van der Waals surface area contributed by atoms with Gasteiger partial charge in [-0.25, -0.2) is 0 Å². The summed E-state index contributed by atoms with van der Waals surface area (Å²) >= 11 is 1.23. The summed E-state index contributed by atoms with van der Waals surface area (Å²) in [4.78, 5) is 12.1. The van der Waals surface area contributed by atoms with Gasteiger partial charge in [-0.05, 0) is 24.1 Å². The summed E-state index contributed by atoms with van der Waals surface area (Å²) in [5, 5.41) is 1.90. The van der Waals surface area contributed by atoms with Crippen molar-refractivity contribution in [2.24, 2.45) is 0 Å². The van der Waals surface area contributed by atoms with Crippen molar-refractivity contribution in [1.29, 1.82) is 0 Å². The molecule has 0 atom stereocenters. The van der Waals surface area contributed by atoms with E-state index in [2.05, 4.69) is 12.1 Å². The molecule has 0 saturated carbocycles. The Balaban J connectivity index is 1.89. The number of benzene rings is 2. The lowest BCUT2D eigenvalue weighted by molar-refractivity contribution is 0.692. The van der Waals surface area contributed by atoms with Crippen LogP contribution in [-0.4, -0.2) is 4.57 Å². The molecular formula is C17H16N2OS. The van der Waals surface area contributed by atoms with Gasteiger partial charge in [-0.1, -0.05) is 53.8 Å². The molecule has 0 radical (unpaired) electrons. The molecule has 0 aliphatic rings. The Morgan fingerprint density at radius 1 is 1.05 bits per heavy atom. The molecule has 0 bridgehead atoms. The van der Waals surface area contributed by atoms with E-state index in [0.717, 1.165) is 17.7 Å². The maximum atomic E-state index is 12.1. The van der Waals surface area contributed by atoms with Crippen molar-refractivity contribution in [1.82, 2.24) is 4.57 Å². The van der Waals surface area contributed by atoms with Gasteiger partial charge in [0.2, 0.25) is 0 Å². The van der Waals surface area contributed by atoms with E-state index in [1.54, 1.807) is 0 Å². The Hall–Kier alpha value is -2.33. The number of hydrogen-bond acceptors (Lipinski definition) is 3. The minimum Gasteiger partial charge on any atom is -0.399 e. The number of thiazole rings is 1. The van der Waals surface area contributed by atoms with Crippen LogP contribution in [0.15, 0.2) is 64.8 Å². The predicted octanol–water partition coefficient (Wildman–Crippen LogP) is 3.40. The maximum absolute atomic E-state index is 12.1. The third-order valence-corrected chi connectivity index (χ3v) is 4.19. The van der Waals surface area contributed by atoms with Gasteiger partial charge in [0.1, 0.15) is 0 Å². The van der Waals surface area contributed by atoms with E-state index in [4.69, 9.17) is 5.73 Å². The molecule has 0 amide bonds. The Labute approximate surface area is 127 Å². The van der Waals surface area contributed by atoms with E-state index in [9.17, 15) is 4.79 Å². The van der Waals surface area contributed by atoms with Gasteiger partial charge in [-0.15, -0.1) is 0 Å². The molecule has 0 aliphatic carbocycles. The summed E-state index contributed by atoms with van der Waals surface area (Å²) in [6, 6.07) is 17.8. The number of anilines is 1. The summed E-state index contributed by atoms with van der Waals surface area (Å²) in [5.41, 5.74) is 9.70. The van der Waals surface area contributed by atoms with Crippen LogP contribution in [-0.2, 0) is 13.0 Å². The third kappa shape index (κ3) is 3.06. The van der Waals surface area contributed by atoms with Gasteiger partial charge in [-0.2, -0.15) is 0 Å². The molecule has 2 N–H and O–H groups in total. The molecule has 0 spiro atoms. The van der Waals surface area contributed by atoms with Gasteiger partial charge in [0, 0.05) is 23.2 Å². The zero-order valence-corrected chi connectivity index (χ0v) is 12.3. The van der Waals surface area contributed by atoms with Gasteiger partial charge in [-0.3, -0.25) is 9.36 Å². The van der Waals surface area contributed by atoms with Crippen molar-refractivity contribution in [3.63, 3.8) is 0 Å². The molecule has 1 heterocycles. The number of aromatic nitrogens is 1. The average Bonchev–Trinajstić information content (AvgIpc) is 2.87. The van der Waals surface area contributed by atoms with Crippen LogP contribution in [0.2, 0.25) is 0 Å². The van der Waals surface area contributed by atoms with Crippen LogP contribution >= 0.6 is 11.3 Å².